The first-order chi connectivity index (χ1) is 8.09. The monoisotopic (exact) mass is 243 g/mol. The summed E-state index contributed by atoms with van der Waals surface area (Å²) in [6.07, 6.45) is 5.44. The molecule has 0 aliphatic heterocycles. The lowest BCUT2D eigenvalue weighted by Crippen LogP contribution is -2.36. The summed E-state index contributed by atoms with van der Waals surface area (Å²) in [6, 6.07) is 0. The van der Waals surface area contributed by atoms with Crippen molar-refractivity contribution in [3.63, 3.8) is 0 Å². The molecule has 0 aromatic carbocycles. The lowest BCUT2D eigenvalue weighted by molar-refractivity contribution is -0.137. The molecule has 0 saturated heterocycles. The Kier molecular flexibility index (Phi) is 3.40. The van der Waals surface area contributed by atoms with Gasteiger partial charge in [0.2, 0.25) is 5.91 Å². The predicted molar refractivity (Wildman–Crippen MR) is 57.3 cm³/mol. The van der Waals surface area contributed by atoms with Crippen molar-refractivity contribution >= 4 is 5.91 Å². The SMILES string of the molecule is CN(Cc1nccn1C(F)F)C(=O)C1CCC1. The third-order valence-corrected chi connectivity index (χ3v) is 3.17. The lowest BCUT2D eigenvalue weighted by atomic mass is 9.84. The molecule has 1 amide bonds. The molecule has 0 N–H and O–H groups in total. The molecule has 1 saturated carbocycles. The maximum atomic E-state index is 12.6. The van der Waals surface area contributed by atoms with E-state index in [1.54, 1.807) is 7.05 Å². The molecule has 1 aliphatic carbocycles. The standard InChI is InChI=1S/C11H15F2N3O/c1-15(10(17)8-3-2-4-8)7-9-14-5-6-16(9)11(12)13/h5-6,8,11H,2-4,7H2,1H3. The highest BCUT2D eigenvalue weighted by molar-refractivity contribution is 5.79. The van der Waals surface area contributed by atoms with Crippen LogP contribution >= 0.6 is 0 Å². The summed E-state index contributed by atoms with van der Waals surface area (Å²) in [5, 5.41) is 0. The largest absolute Gasteiger partial charge is 0.338 e. The molecule has 0 bridgehead atoms. The second-order valence-electron chi connectivity index (χ2n) is 4.35. The highest BCUT2D eigenvalue weighted by atomic mass is 19.3. The van der Waals surface area contributed by atoms with Crippen molar-refractivity contribution in [2.24, 2.45) is 5.92 Å². The molecule has 2 rings (SSSR count). The predicted octanol–water partition coefficient (Wildman–Crippen LogP) is 2.04. The van der Waals surface area contributed by atoms with E-state index in [4.69, 9.17) is 0 Å². The van der Waals surface area contributed by atoms with E-state index >= 15 is 0 Å². The van der Waals surface area contributed by atoms with Gasteiger partial charge in [-0.3, -0.25) is 9.36 Å². The van der Waals surface area contributed by atoms with Gasteiger partial charge < -0.3 is 4.90 Å². The third kappa shape index (κ3) is 2.45. The van der Waals surface area contributed by atoms with Gasteiger partial charge in [0, 0.05) is 25.4 Å². The zero-order valence-corrected chi connectivity index (χ0v) is 9.64. The van der Waals surface area contributed by atoms with Crippen molar-refractivity contribution in [2.45, 2.75) is 32.4 Å². The van der Waals surface area contributed by atoms with Crippen molar-refractivity contribution in [1.82, 2.24) is 14.5 Å². The topological polar surface area (TPSA) is 38.1 Å². The van der Waals surface area contributed by atoms with E-state index in [9.17, 15) is 13.6 Å². The van der Waals surface area contributed by atoms with Crippen LogP contribution in [0.15, 0.2) is 12.4 Å². The van der Waals surface area contributed by atoms with Crippen LogP contribution in [-0.2, 0) is 11.3 Å². The number of carbonyl (C=O) groups is 1. The summed E-state index contributed by atoms with van der Waals surface area (Å²) in [6.45, 7) is -2.48. The van der Waals surface area contributed by atoms with Crippen molar-refractivity contribution in [3.8, 4) is 0 Å². The van der Waals surface area contributed by atoms with Gasteiger partial charge >= 0.3 is 6.55 Å². The Hall–Kier alpha value is -1.46. The summed E-state index contributed by atoms with van der Waals surface area (Å²) in [5.74, 6) is 0.324. The molecule has 0 spiro atoms. The van der Waals surface area contributed by atoms with Crippen molar-refractivity contribution in [2.75, 3.05) is 7.05 Å². The molecular formula is C11H15F2N3O. The molecular weight excluding hydrogens is 228 g/mol. The molecule has 4 nitrogen and oxygen atoms in total. The molecule has 1 fully saturated rings. The first-order valence-electron chi connectivity index (χ1n) is 5.64. The molecule has 0 atom stereocenters. The van der Waals surface area contributed by atoms with Gasteiger partial charge in [0.15, 0.2) is 0 Å². The van der Waals surface area contributed by atoms with E-state index in [1.165, 1.54) is 17.3 Å². The number of imidazole rings is 1. The van der Waals surface area contributed by atoms with Crippen LogP contribution in [0.25, 0.3) is 0 Å². The highest BCUT2D eigenvalue weighted by Crippen LogP contribution is 2.28. The quantitative estimate of drug-likeness (QED) is 0.811. The van der Waals surface area contributed by atoms with Crippen LogP contribution in [0.5, 0.6) is 0 Å². The molecule has 0 radical (unpaired) electrons. The van der Waals surface area contributed by atoms with Crippen LogP contribution in [0.1, 0.15) is 31.6 Å². The Morgan fingerprint density at radius 2 is 2.35 bits per heavy atom. The van der Waals surface area contributed by atoms with Crippen LogP contribution < -0.4 is 0 Å². The zero-order chi connectivity index (χ0) is 12.4. The van der Waals surface area contributed by atoms with Gasteiger partial charge in [0.25, 0.3) is 0 Å². The van der Waals surface area contributed by atoms with Gasteiger partial charge in [-0.25, -0.2) is 4.98 Å². The molecule has 94 valence electrons. The zero-order valence-electron chi connectivity index (χ0n) is 9.64. The summed E-state index contributed by atoms with van der Waals surface area (Å²) in [4.78, 5) is 17.2. The summed E-state index contributed by atoms with van der Waals surface area (Å²) >= 11 is 0. The van der Waals surface area contributed by atoms with E-state index in [1.807, 2.05) is 0 Å². The molecule has 1 heterocycles. The average molecular weight is 243 g/mol. The van der Waals surface area contributed by atoms with Gasteiger partial charge in [-0.05, 0) is 12.8 Å². The number of halogens is 2. The van der Waals surface area contributed by atoms with Crippen LogP contribution in [0.3, 0.4) is 0 Å². The second kappa shape index (κ2) is 4.81. The Morgan fingerprint density at radius 3 is 2.88 bits per heavy atom. The van der Waals surface area contributed by atoms with E-state index in [2.05, 4.69) is 4.98 Å². The smallest absolute Gasteiger partial charge is 0.319 e. The van der Waals surface area contributed by atoms with Crippen LogP contribution in [0, 0.1) is 5.92 Å². The third-order valence-electron chi connectivity index (χ3n) is 3.17. The summed E-state index contributed by atoms with van der Waals surface area (Å²) in [5.41, 5.74) is 0. The number of nitrogens with zero attached hydrogens (tertiary/aromatic N) is 3. The van der Waals surface area contributed by atoms with Gasteiger partial charge in [-0.2, -0.15) is 8.78 Å². The van der Waals surface area contributed by atoms with E-state index in [-0.39, 0.29) is 24.2 Å². The number of alkyl halides is 2. The van der Waals surface area contributed by atoms with Crippen LogP contribution in [-0.4, -0.2) is 27.4 Å². The molecule has 0 unspecified atom stereocenters. The Labute approximate surface area is 98.2 Å². The molecule has 1 aromatic rings. The molecule has 1 aromatic heterocycles. The summed E-state index contributed by atoms with van der Waals surface area (Å²) < 4.78 is 25.9. The van der Waals surface area contributed by atoms with Crippen molar-refractivity contribution < 1.29 is 13.6 Å². The van der Waals surface area contributed by atoms with Crippen molar-refractivity contribution in [1.29, 1.82) is 0 Å². The first kappa shape index (κ1) is 12.0. The van der Waals surface area contributed by atoms with Gasteiger partial charge in [0.1, 0.15) is 5.82 Å². The normalized spacial score (nSPS) is 16.0. The second-order valence-corrected chi connectivity index (χ2v) is 4.35. The van der Waals surface area contributed by atoms with E-state index in [0.717, 1.165) is 23.8 Å². The van der Waals surface area contributed by atoms with Gasteiger partial charge in [0.05, 0.1) is 6.54 Å². The highest BCUT2D eigenvalue weighted by Gasteiger charge is 2.28. The number of hydrogen-bond acceptors (Lipinski definition) is 2. The minimum Gasteiger partial charge on any atom is -0.338 e. The Bertz CT molecular complexity index is 401. The first-order valence-corrected chi connectivity index (χ1v) is 5.64. The van der Waals surface area contributed by atoms with Crippen molar-refractivity contribution in [3.05, 3.63) is 18.2 Å². The van der Waals surface area contributed by atoms with Crippen LogP contribution in [0.2, 0.25) is 0 Å². The maximum Gasteiger partial charge on any atom is 0.319 e. The molecule has 17 heavy (non-hydrogen) atoms. The maximum absolute atomic E-state index is 12.6. The fraction of sp³-hybridized carbons (Fsp3) is 0.636. The minimum absolute atomic E-state index is 0.0278. The van der Waals surface area contributed by atoms with Crippen LogP contribution in [0.4, 0.5) is 8.78 Å². The molecule has 1 aliphatic rings. The fourth-order valence-corrected chi connectivity index (χ4v) is 1.90. The fourth-order valence-electron chi connectivity index (χ4n) is 1.90. The number of amides is 1. The summed E-state index contributed by atoms with van der Waals surface area (Å²) in [7, 11) is 1.63. The number of rotatable bonds is 4. The van der Waals surface area contributed by atoms with Gasteiger partial charge in [-0.15, -0.1) is 0 Å². The van der Waals surface area contributed by atoms with Gasteiger partial charge in [-0.1, -0.05) is 6.42 Å². The molecule has 6 heteroatoms. The van der Waals surface area contributed by atoms with E-state index in [0.29, 0.717) is 0 Å². The number of aromatic nitrogens is 2. The minimum atomic E-state index is -2.61. The Balaban J connectivity index is 1.99. The lowest BCUT2D eigenvalue weighted by Gasteiger charge is -2.29. The number of carbonyl (C=O) groups excluding carboxylic acids is 1. The van der Waals surface area contributed by atoms with E-state index < -0.39 is 6.55 Å². The Morgan fingerprint density at radius 1 is 1.65 bits per heavy atom. The number of hydrogen-bond donors (Lipinski definition) is 0. The average Bonchev–Trinajstić information content (AvgIpc) is 2.62.